The SMILES string of the molecule is NC(=O)c1cc(C(F)F)c(F)nc1F. The van der Waals surface area contributed by atoms with E-state index in [0.29, 0.717) is 6.07 Å². The molecule has 0 unspecified atom stereocenters. The van der Waals surface area contributed by atoms with E-state index in [1.807, 2.05) is 0 Å². The molecule has 2 N–H and O–H groups in total. The van der Waals surface area contributed by atoms with E-state index in [1.54, 1.807) is 0 Å². The van der Waals surface area contributed by atoms with Crippen molar-refractivity contribution in [2.45, 2.75) is 6.43 Å². The number of aromatic nitrogens is 1. The number of nitrogens with zero attached hydrogens (tertiary/aromatic N) is 1. The van der Waals surface area contributed by atoms with Crippen LogP contribution in [0.1, 0.15) is 22.3 Å². The van der Waals surface area contributed by atoms with Crippen LogP contribution in [0.15, 0.2) is 6.07 Å². The van der Waals surface area contributed by atoms with Gasteiger partial charge in [0, 0.05) is 0 Å². The van der Waals surface area contributed by atoms with Crippen LogP contribution in [0.25, 0.3) is 0 Å². The molecule has 1 aromatic heterocycles. The van der Waals surface area contributed by atoms with Crippen LogP contribution >= 0.6 is 0 Å². The summed E-state index contributed by atoms with van der Waals surface area (Å²) in [6.07, 6.45) is -3.18. The highest BCUT2D eigenvalue weighted by Crippen LogP contribution is 2.22. The maximum atomic E-state index is 12.6. The predicted octanol–water partition coefficient (Wildman–Crippen LogP) is 1.40. The highest BCUT2D eigenvalue weighted by molar-refractivity contribution is 5.92. The van der Waals surface area contributed by atoms with Gasteiger partial charge in [-0.3, -0.25) is 4.79 Å². The molecule has 0 fully saturated rings. The molecular weight excluding hydrogens is 204 g/mol. The summed E-state index contributed by atoms with van der Waals surface area (Å²) >= 11 is 0. The van der Waals surface area contributed by atoms with Crippen molar-refractivity contribution in [1.29, 1.82) is 0 Å². The summed E-state index contributed by atoms with van der Waals surface area (Å²) in [5.74, 6) is -4.43. The maximum Gasteiger partial charge on any atom is 0.268 e. The number of primary amides is 1. The van der Waals surface area contributed by atoms with E-state index in [2.05, 4.69) is 10.7 Å². The van der Waals surface area contributed by atoms with Crippen molar-refractivity contribution < 1.29 is 22.4 Å². The van der Waals surface area contributed by atoms with E-state index in [1.165, 1.54) is 0 Å². The van der Waals surface area contributed by atoms with Crippen molar-refractivity contribution in [3.8, 4) is 0 Å². The number of nitrogens with two attached hydrogens (primary N) is 1. The fourth-order valence-corrected chi connectivity index (χ4v) is 0.811. The van der Waals surface area contributed by atoms with Gasteiger partial charge in [0.15, 0.2) is 0 Å². The summed E-state index contributed by atoms with van der Waals surface area (Å²) in [4.78, 5) is 13.0. The van der Waals surface area contributed by atoms with Gasteiger partial charge in [0.05, 0.1) is 11.1 Å². The second-order valence-corrected chi connectivity index (χ2v) is 2.37. The van der Waals surface area contributed by atoms with Gasteiger partial charge in [-0.1, -0.05) is 0 Å². The Kier molecular flexibility index (Phi) is 2.68. The number of halogens is 4. The minimum absolute atomic E-state index is 0.352. The Labute approximate surface area is 75.5 Å². The van der Waals surface area contributed by atoms with Crippen LogP contribution in [-0.4, -0.2) is 10.9 Å². The standard InChI is InChI=1S/C7H4F4N2O/c8-4(9)2-1-3(7(12)14)6(11)13-5(2)10/h1,4H,(H2,12,14). The molecule has 0 bridgehead atoms. The zero-order chi connectivity index (χ0) is 10.9. The van der Waals surface area contributed by atoms with E-state index in [-0.39, 0.29) is 0 Å². The Morgan fingerprint density at radius 2 is 1.93 bits per heavy atom. The number of amides is 1. The molecule has 3 nitrogen and oxygen atoms in total. The first kappa shape index (κ1) is 10.4. The smallest absolute Gasteiger partial charge is 0.268 e. The predicted molar refractivity (Wildman–Crippen MR) is 37.6 cm³/mol. The number of carbonyl (C=O) groups excluding carboxylic acids is 1. The minimum atomic E-state index is -3.18. The molecule has 0 aliphatic rings. The second-order valence-electron chi connectivity index (χ2n) is 2.37. The van der Waals surface area contributed by atoms with Crippen molar-refractivity contribution in [1.82, 2.24) is 4.98 Å². The summed E-state index contributed by atoms with van der Waals surface area (Å²) < 4.78 is 49.3. The highest BCUT2D eigenvalue weighted by Gasteiger charge is 2.20. The van der Waals surface area contributed by atoms with Crippen molar-refractivity contribution in [2.75, 3.05) is 0 Å². The fraction of sp³-hybridized carbons (Fsp3) is 0.143. The molecule has 14 heavy (non-hydrogen) atoms. The topological polar surface area (TPSA) is 56.0 Å². The van der Waals surface area contributed by atoms with E-state index < -0.39 is 35.4 Å². The number of hydrogen-bond donors (Lipinski definition) is 1. The summed E-state index contributed by atoms with van der Waals surface area (Å²) in [6.45, 7) is 0. The summed E-state index contributed by atoms with van der Waals surface area (Å²) in [6, 6.07) is 0.352. The molecule has 0 aliphatic carbocycles. The molecular formula is C7H4F4N2O. The highest BCUT2D eigenvalue weighted by atomic mass is 19.3. The lowest BCUT2D eigenvalue weighted by Gasteiger charge is -2.03. The van der Waals surface area contributed by atoms with Gasteiger partial charge in [-0.05, 0) is 6.07 Å². The first-order chi connectivity index (χ1) is 6.43. The molecule has 0 radical (unpaired) electrons. The summed E-state index contributed by atoms with van der Waals surface area (Å²) in [5, 5.41) is 0. The Morgan fingerprint density at radius 1 is 1.36 bits per heavy atom. The van der Waals surface area contributed by atoms with Gasteiger partial charge < -0.3 is 5.73 Å². The Hall–Kier alpha value is -1.66. The molecule has 7 heteroatoms. The molecule has 1 rings (SSSR count). The first-order valence-corrected chi connectivity index (χ1v) is 3.37. The summed E-state index contributed by atoms with van der Waals surface area (Å²) in [7, 11) is 0. The molecule has 0 aromatic carbocycles. The second kappa shape index (κ2) is 3.60. The van der Waals surface area contributed by atoms with Gasteiger partial charge in [0.25, 0.3) is 12.3 Å². The number of carbonyl (C=O) groups is 1. The van der Waals surface area contributed by atoms with Crippen LogP contribution in [-0.2, 0) is 0 Å². The van der Waals surface area contributed by atoms with Gasteiger partial charge >= 0.3 is 0 Å². The molecule has 1 heterocycles. The number of alkyl halides is 2. The number of pyridine rings is 1. The molecule has 0 atom stereocenters. The minimum Gasteiger partial charge on any atom is -0.365 e. The molecule has 1 amide bonds. The quantitative estimate of drug-likeness (QED) is 0.589. The molecule has 0 spiro atoms. The lowest BCUT2D eigenvalue weighted by molar-refractivity contribution is 0.0994. The Bertz CT molecular complexity index is 380. The van der Waals surface area contributed by atoms with E-state index >= 15 is 0 Å². The maximum absolute atomic E-state index is 12.6. The lowest BCUT2D eigenvalue weighted by Crippen LogP contribution is -2.16. The van der Waals surface area contributed by atoms with Gasteiger partial charge in [0.2, 0.25) is 11.9 Å². The van der Waals surface area contributed by atoms with E-state index in [4.69, 9.17) is 0 Å². The Morgan fingerprint density at radius 3 is 2.36 bits per heavy atom. The van der Waals surface area contributed by atoms with Crippen LogP contribution in [0, 0.1) is 11.9 Å². The van der Waals surface area contributed by atoms with Crippen molar-refractivity contribution in [3.05, 3.63) is 29.1 Å². The zero-order valence-corrected chi connectivity index (χ0v) is 6.60. The first-order valence-electron chi connectivity index (χ1n) is 3.37. The van der Waals surface area contributed by atoms with Crippen molar-refractivity contribution in [2.24, 2.45) is 5.73 Å². The van der Waals surface area contributed by atoms with Crippen LogP contribution < -0.4 is 5.73 Å². The normalized spacial score (nSPS) is 10.6. The van der Waals surface area contributed by atoms with Gasteiger partial charge in [0.1, 0.15) is 0 Å². The molecule has 76 valence electrons. The Balaban J connectivity index is 3.34. The summed E-state index contributed by atoms with van der Waals surface area (Å²) in [5.41, 5.74) is 2.64. The molecule has 0 saturated carbocycles. The van der Waals surface area contributed by atoms with Crippen molar-refractivity contribution in [3.63, 3.8) is 0 Å². The fourth-order valence-electron chi connectivity index (χ4n) is 0.811. The zero-order valence-electron chi connectivity index (χ0n) is 6.60. The molecule has 1 aromatic rings. The average molecular weight is 208 g/mol. The average Bonchev–Trinajstić information content (AvgIpc) is 2.02. The molecule has 0 saturated heterocycles. The van der Waals surface area contributed by atoms with Gasteiger partial charge in [-0.15, -0.1) is 0 Å². The van der Waals surface area contributed by atoms with E-state index in [0.717, 1.165) is 0 Å². The van der Waals surface area contributed by atoms with Gasteiger partial charge in [-0.2, -0.15) is 13.8 Å². The lowest BCUT2D eigenvalue weighted by atomic mass is 10.2. The number of hydrogen-bond acceptors (Lipinski definition) is 2. The van der Waals surface area contributed by atoms with Crippen LogP contribution in [0.3, 0.4) is 0 Å². The van der Waals surface area contributed by atoms with Crippen molar-refractivity contribution >= 4 is 5.91 Å². The number of rotatable bonds is 2. The third-order valence-electron chi connectivity index (χ3n) is 1.46. The van der Waals surface area contributed by atoms with Crippen LogP contribution in [0.5, 0.6) is 0 Å². The van der Waals surface area contributed by atoms with Gasteiger partial charge in [-0.25, -0.2) is 8.78 Å². The molecule has 0 aliphatic heterocycles. The largest absolute Gasteiger partial charge is 0.365 e. The third kappa shape index (κ3) is 1.81. The third-order valence-corrected chi connectivity index (χ3v) is 1.46. The van der Waals surface area contributed by atoms with E-state index in [9.17, 15) is 22.4 Å². The van der Waals surface area contributed by atoms with Crippen LogP contribution in [0.2, 0.25) is 0 Å². The van der Waals surface area contributed by atoms with Crippen LogP contribution in [0.4, 0.5) is 17.6 Å². The monoisotopic (exact) mass is 208 g/mol.